The van der Waals surface area contributed by atoms with Crippen LogP contribution in [0.2, 0.25) is 5.02 Å². The summed E-state index contributed by atoms with van der Waals surface area (Å²) in [6.45, 7) is 5.90. The number of aromatic nitrogens is 3. The molecule has 0 saturated heterocycles. The van der Waals surface area contributed by atoms with Gasteiger partial charge in [0.15, 0.2) is 5.16 Å². The number of thioether (sulfide) groups is 1. The van der Waals surface area contributed by atoms with Gasteiger partial charge in [0.1, 0.15) is 11.1 Å². The molecule has 2 aromatic carbocycles. The zero-order valence-corrected chi connectivity index (χ0v) is 17.4. The summed E-state index contributed by atoms with van der Waals surface area (Å²) in [6, 6.07) is 15.3. The Morgan fingerprint density at radius 2 is 1.68 bits per heavy atom. The van der Waals surface area contributed by atoms with Crippen LogP contribution in [0.25, 0.3) is 5.69 Å². The normalized spacial score (nSPS) is 12.3. The SMILES string of the molecule is Cc1nnc(S[C@@H](C[N+](=O)[O-])c2ccc(C(C)C)cc2)n1-c1ccc(Cl)cc1. The third-order valence-electron chi connectivity index (χ3n) is 4.42. The topological polar surface area (TPSA) is 73.8 Å². The molecule has 6 nitrogen and oxygen atoms in total. The molecule has 0 N–H and O–H groups in total. The standard InChI is InChI=1S/C20H21ClN4O2S/c1-13(2)15-4-6-16(7-5-15)19(12-24(26)27)28-20-23-22-14(3)25(20)18-10-8-17(21)9-11-18/h4-11,13,19H,12H2,1-3H3/t19-/m0/s1. The Balaban J connectivity index is 1.94. The van der Waals surface area contributed by atoms with Gasteiger partial charge in [-0.05, 0) is 48.2 Å². The average Bonchev–Trinajstić information content (AvgIpc) is 3.02. The number of aryl methyl sites for hydroxylation is 1. The number of hydrogen-bond acceptors (Lipinski definition) is 5. The molecule has 1 aromatic heterocycles. The Bertz CT molecular complexity index is 955. The van der Waals surface area contributed by atoms with Crippen LogP contribution in [0.4, 0.5) is 0 Å². The van der Waals surface area contributed by atoms with E-state index in [9.17, 15) is 10.1 Å². The van der Waals surface area contributed by atoms with Crippen LogP contribution in [0.1, 0.15) is 42.0 Å². The number of benzene rings is 2. The lowest BCUT2D eigenvalue weighted by atomic mass is 10.0. The van der Waals surface area contributed by atoms with E-state index in [0.717, 1.165) is 11.3 Å². The van der Waals surface area contributed by atoms with Crippen molar-refractivity contribution < 1.29 is 4.92 Å². The minimum atomic E-state index is -0.370. The van der Waals surface area contributed by atoms with Crippen LogP contribution in [0.5, 0.6) is 0 Å². The van der Waals surface area contributed by atoms with E-state index in [1.54, 1.807) is 12.1 Å². The molecule has 146 valence electrons. The monoisotopic (exact) mass is 416 g/mol. The summed E-state index contributed by atoms with van der Waals surface area (Å²) >= 11 is 7.33. The lowest BCUT2D eigenvalue weighted by molar-refractivity contribution is -0.479. The summed E-state index contributed by atoms with van der Waals surface area (Å²) in [7, 11) is 0. The highest BCUT2D eigenvalue weighted by atomic mass is 35.5. The van der Waals surface area contributed by atoms with Gasteiger partial charge < -0.3 is 0 Å². The minimum absolute atomic E-state index is 0.196. The molecule has 0 aliphatic carbocycles. The highest BCUT2D eigenvalue weighted by molar-refractivity contribution is 7.99. The Morgan fingerprint density at radius 3 is 2.25 bits per heavy atom. The van der Waals surface area contributed by atoms with Crippen molar-refractivity contribution >= 4 is 23.4 Å². The van der Waals surface area contributed by atoms with Crippen LogP contribution in [0.15, 0.2) is 53.7 Å². The van der Waals surface area contributed by atoms with Gasteiger partial charge in [0.2, 0.25) is 6.54 Å². The van der Waals surface area contributed by atoms with Gasteiger partial charge in [-0.2, -0.15) is 0 Å². The van der Waals surface area contributed by atoms with Crippen LogP contribution in [-0.2, 0) is 0 Å². The van der Waals surface area contributed by atoms with E-state index in [1.165, 1.54) is 17.3 Å². The highest BCUT2D eigenvalue weighted by Crippen LogP contribution is 2.36. The number of rotatable bonds is 7. The number of nitro groups is 1. The summed E-state index contributed by atoms with van der Waals surface area (Å²) in [5.74, 6) is 1.12. The molecule has 3 aromatic rings. The second kappa shape index (κ2) is 8.75. The Morgan fingerprint density at radius 1 is 1.07 bits per heavy atom. The molecule has 3 rings (SSSR count). The third kappa shape index (κ3) is 4.72. The first kappa shape index (κ1) is 20.4. The van der Waals surface area contributed by atoms with Gasteiger partial charge in [-0.1, -0.05) is 61.5 Å². The van der Waals surface area contributed by atoms with E-state index < -0.39 is 0 Å². The van der Waals surface area contributed by atoms with Gasteiger partial charge in [0.05, 0.1) is 0 Å². The maximum Gasteiger partial charge on any atom is 0.220 e. The first-order valence-electron chi connectivity index (χ1n) is 8.91. The molecule has 0 spiro atoms. The van der Waals surface area contributed by atoms with Crippen LogP contribution < -0.4 is 0 Å². The van der Waals surface area contributed by atoms with Gasteiger partial charge in [0.25, 0.3) is 0 Å². The fraction of sp³-hybridized carbons (Fsp3) is 0.300. The summed E-state index contributed by atoms with van der Waals surface area (Å²) in [5.41, 5.74) is 2.97. The van der Waals surface area contributed by atoms with E-state index >= 15 is 0 Å². The summed E-state index contributed by atoms with van der Waals surface area (Å²) in [6.07, 6.45) is 0. The number of hydrogen-bond donors (Lipinski definition) is 0. The van der Waals surface area contributed by atoms with Crippen LogP contribution in [0.3, 0.4) is 0 Å². The first-order chi connectivity index (χ1) is 13.3. The molecule has 28 heavy (non-hydrogen) atoms. The smallest absolute Gasteiger partial charge is 0.220 e. The van der Waals surface area contributed by atoms with Crippen molar-refractivity contribution in [2.24, 2.45) is 0 Å². The molecule has 0 amide bonds. The van der Waals surface area contributed by atoms with Crippen molar-refractivity contribution in [3.05, 3.63) is 80.6 Å². The van der Waals surface area contributed by atoms with Crippen molar-refractivity contribution in [2.45, 2.75) is 37.1 Å². The zero-order valence-electron chi connectivity index (χ0n) is 15.9. The largest absolute Gasteiger partial charge is 0.274 e. The maximum absolute atomic E-state index is 11.3. The van der Waals surface area contributed by atoms with E-state index in [-0.39, 0.29) is 16.7 Å². The predicted molar refractivity (Wildman–Crippen MR) is 112 cm³/mol. The molecule has 0 fully saturated rings. The van der Waals surface area contributed by atoms with E-state index in [1.807, 2.05) is 47.9 Å². The quantitative estimate of drug-likeness (QED) is 0.290. The van der Waals surface area contributed by atoms with E-state index in [2.05, 4.69) is 24.0 Å². The fourth-order valence-electron chi connectivity index (χ4n) is 2.88. The molecule has 0 aliphatic rings. The molecule has 1 heterocycles. The molecular formula is C20H21ClN4O2S. The molecule has 0 saturated carbocycles. The van der Waals surface area contributed by atoms with Crippen molar-refractivity contribution in [1.82, 2.24) is 14.8 Å². The van der Waals surface area contributed by atoms with Crippen molar-refractivity contribution in [2.75, 3.05) is 6.54 Å². The number of nitrogens with zero attached hydrogens (tertiary/aromatic N) is 4. The van der Waals surface area contributed by atoms with Gasteiger partial charge >= 0.3 is 0 Å². The molecule has 0 bridgehead atoms. The summed E-state index contributed by atoms with van der Waals surface area (Å²) in [5, 5.41) is 20.6. The second-order valence-corrected chi connectivity index (χ2v) is 8.39. The predicted octanol–water partition coefficient (Wildman–Crippen LogP) is 5.46. The second-order valence-electron chi connectivity index (χ2n) is 6.78. The van der Waals surface area contributed by atoms with Gasteiger partial charge in [0, 0.05) is 15.6 Å². The molecule has 1 atom stereocenters. The number of halogens is 1. The van der Waals surface area contributed by atoms with E-state index in [0.29, 0.717) is 21.9 Å². The Hall–Kier alpha value is -2.38. The van der Waals surface area contributed by atoms with Gasteiger partial charge in [-0.15, -0.1) is 10.2 Å². The van der Waals surface area contributed by atoms with Crippen molar-refractivity contribution in [1.29, 1.82) is 0 Å². The lowest BCUT2D eigenvalue weighted by Gasteiger charge is -2.15. The van der Waals surface area contributed by atoms with Crippen molar-refractivity contribution in [3.63, 3.8) is 0 Å². The minimum Gasteiger partial charge on any atom is -0.274 e. The van der Waals surface area contributed by atoms with Crippen LogP contribution in [-0.4, -0.2) is 26.2 Å². The highest BCUT2D eigenvalue weighted by Gasteiger charge is 2.23. The molecule has 0 unspecified atom stereocenters. The first-order valence-corrected chi connectivity index (χ1v) is 10.2. The van der Waals surface area contributed by atoms with Gasteiger partial charge in [-0.25, -0.2) is 0 Å². The molecule has 0 radical (unpaired) electrons. The summed E-state index contributed by atoms with van der Waals surface area (Å²) in [4.78, 5) is 11.0. The average molecular weight is 417 g/mol. The fourth-order valence-corrected chi connectivity index (χ4v) is 4.18. The Labute approximate surface area is 173 Å². The maximum atomic E-state index is 11.3. The van der Waals surface area contributed by atoms with E-state index in [4.69, 9.17) is 11.6 Å². The lowest BCUT2D eigenvalue weighted by Crippen LogP contribution is -2.11. The molecule has 8 heteroatoms. The molecule has 0 aliphatic heterocycles. The van der Waals surface area contributed by atoms with Gasteiger partial charge in [-0.3, -0.25) is 14.7 Å². The van der Waals surface area contributed by atoms with Crippen LogP contribution in [0, 0.1) is 17.0 Å². The Kier molecular flexibility index (Phi) is 6.36. The molecular weight excluding hydrogens is 396 g/mol. The van der Waals surface area contributed by atoms with Crippen LogP contribution >= 0.6 is 23.4 Å². The third-order valence-corrected chi connectivity index (χ3v) is 5.85. The van der Waals surface area contributed by atoms with Crippen molar-refractivity contribution in [3.8, 4) is 5.69 Å². The zero-order chi connectivity index (χ0) is 20.3. The summed E-state index contributed by atoms with van der Waals surface area (Å²) < 4.78 is 1.89.